The van der Waals surface area contributed by atoms with Gasteiger partial charge in [-0.05, 0) is 50.2 Å². The van der Waals surface area contributed by atoms with Crippen molar-refractivity contribution in [1.29, 1.82) is 0 Å². The van der Waals surface area contributed by atoms with E-state index in [1.54, 1.807) is 0 Å². The van der Waals surface area contributed by atoms with Gasteiger partial charge in [0.2, 0.25) is 0 Å². The average molecular weight is 273 g/mol. The summed E-state index contributed by atoms with van der Waals surface area (Å²) in [4.78, 5) is 6.97. The predicted molar refractivity (Wildman–Crippen MR) is 84.1 cm³/mol. The minimum Gasteiger partial charge on any atom is -0.364 e. The topological polar surface area (TPSA) is 28.2 Å². The van der Waals surface area contributed by atoms with Gasteiger partial charge in [-0.2, -0.15) is 0 Å². The van der Waals surface area contributed by atoms with E-state index in [4.69, 9.17) is 0 Å². The Morgan fingerprint density at radius 1 is 1.40 bits per heavy atom. The van der Waals surface area contributed by atoms with Gasteiger partial charge in [0.25, 0.3) is 0 Å². The highest BCUT2D eigenvalue weighted by atomic mass is 15.3. The first-order valence-electron chi connectivity index (χ1n) is 7.93. The molecule has 0 aromatic carbocycles. The molecule has 3 rings (SSSR count). The molecule has 2 atom stereocenters. The summed E-state index contributed by atoms with van der Waals surface area (Å²) in [5.41, 5.74) is 2.93. The van der Waals surface area contributed by atoms with E-state index in [0.29, 0.717) is 12.0 Å². The van der Waals surface area contributed by atoms with Crippen LogP contribution in [-0.2, 0) is 0 Å². The van der Waals surface area contributed by atoms with E-state index in [-0.39, 0.29) is 5.54 Å². The largest absolute Gasteiger partial charge is 0.364 e. The minimum absolute atomic E-state index is 0.271. The van der Waals surface area contributed by atoms with Gasteiger partial charge in [0.05, 0.1) is 11.9 Å². The molecule has 2 heterocycles. The summed E-state index contributed by atoms with van der Waals surface area (Å²) in [7, 11) is 0. The molecule has 2 fully saturated rings. The summed E-state index contributed by atoms with van der Waals surface area (Å²) >= 11 is 0. The fourth-order valence-electron chi connectivity index (χ4n) is 3.58. The maximum absolute atomic E-state index is 4.36. The highest BCUT2D eigenvalue weighted by Crippen LogP contribution is 2.42. The zero-order chi connectivity index (χ0) is 14.3. The van der Waals surface area contributed by atoms with Gasteiger partial charge >= 0.3 is 0 Å². The molecule has 1 aromatic heterocycles. The monoisotopic (exact) mass is 273 g/mol. The van der Waals surface area contributed by atoms with Crippen LogP contribution in [0.5, 0.6) is 0 Å². The Labute approximate surface area is 122 Å². The second kappa shape index (κ2) is 5.03. The zero-order valence-electron chi connectivity index (χ0n) is 13.2. The SMILES string of the molecule is Cc1ccncc1N1CC(C)(C2CC2)NCC1C(C)C. The number of piperazine rings is 1. The first kappa shape index (κ1) is 13.9. The number of nitrogens with one attached hydrogen (secondary N) is 1. The van der Waals surface area contributed by atoms with Crippen LogP contribution >= 0.6 is 0 Å². The molecule has 2 aliphatic rings. The first-order chi connectivity index (χ1) is 9.51. The molecule has 1 aliphatic heterocycles. The van der Waals surface area contributed by atoms with Crippen molar-refractivity contribution in [1.82, 2.24) is 10.3 Å². The molecule has 1 saturated heterocycles. The van der Waals surface area contributed by atoms with Crippen molar-refractivity contribution in [2.24, 2.45) is 11.8 Å². The zero-order valence-corrected chi connectivity index (χ0v) is 13.2. The van der Waals surface area contributed by atoms with Gasteiger partial charge in [0.15, 0.2) is 0 Å². The molecular weight excluding hydrogens is 246 g/mol. The molecule has 0 radical (unpaired) electrons. The van der Waals surface area contributed by atoms with Crippen LogP contribution in [-0.4, -0.2) is 29.7 Å². The number of hydrogen-bond donors (Lipinski definition) is 1. The van der Waals surface area contributed by atoms with Crippen LogP contribution in [0.2, 0.25) is 0 Å². The lowest BCUT2D eigenvalue weighted by atomic mass is 9.87. The van der Waals surface area contributed by atoms with E-state index >= 15 is 0 Å². The molecule has 1 saturated carbocycles. The number of anilines is 1. The third-order valence-corrected chi connectivity index (χ3v) is 5.18. The molecule has 1 aliphatic carbocycles. The van der Waals surface area contributed by atoms with Crippen LogP contribution in [0.25, 0.3) is 0 Å². The molecule has 0 bridgehead atoms. The Kier molecular flexibility index (Phi) is 3.49. The maximum atomic E-state index is 4.36. The Morgan fingerprint density at radius 2 is 2.15 bits per heavy atom. The Hall–Kier alpha value is -1.09. The molecule has 20 heavy (non-hydrogen) atoms. The number of nitrogens with zero attached hydrogens (tertiary/aromatic N) is 2. The minimum atomic E-state index is 0.271. The van der Waals surface area contributed by atoms with E-state index in [0.717, 1.165) is 19.0 Å². The van der Waals surface area contributed by atoms with Gasteiger partial charge in [-0.3, -0.25) is 4.98 Å². The van der Waals surface area contributed by atoms with Crippen molar-refractivity contribution >= 4 is 5.69 Å². The fourth-order valence-corrected chi connectivity index (χ4v) is 3.58. The average Bonchev–Trinajstić information content (AvgIpc) is 3.23. The summed E-state index contributed by atoms with van der Waals surface area (Å²) in [5.74, 6) is 1.50. The summed E-state index contributed by atoms with van der Waals surface area (Å²) in [6.45, 7) is 11.4. The van der Waals surface area contributed by atoms with Crippen LogP contribution in [0.1, 0.15) is 39.2 Å². The van der Waals surface area contributed by atoms with Gasteiger partial charge in [-0.25, -0.2) is 0 Å². The molecule has 2 unspecified atom stereocenters. The number of hydrogen-bond acceptors (Lipinski definition) is 3. The third kappa shape index (κ3) is 2.44. The second-order valence-electron chi connectivity index (χ2n) is 7.17. The van der Waals surface area contributed by atoms with E-state index in [1.807, 2.05) is 12.4 Å². The molecular formula is C17H27N3. The van der Waals surface area contributed by atoms with E-state index < -0.39 is 0 Å². The normalized spacial score (nSPS) is 30.9. The van der Waals surface area contributed by atoms with Crippen LogP contribution in [0.4, 0.5) is 5.69 Å². The standard InChI is InChI=1S/C17H27N3/c1-12(2)15-10-19-17(4,14-5-6-14)11-20(15)16-9-18-8-7-13(16)3/h7-9,12,14-15,19H,5-6,10-11H2,1-4H3. The van der Waals surface area contributed by atoms with E-state index in [2.05, 4.69) is 49.0 Å². The first-order valence-corrected chi connectivity index (χ1v) is 7.93. The van der Waals surface area contributed by atoms with Crippen molar-refractivity contribution < 1.29 is 0 Å². The van der Waals surface area contributed by atoms with Gasteiger partial charge < -0.3 is 10.2 Å². The summed E-state index contributed by atoms with van der Waals surface area (Å²) in [5, 5.41) is 3.85. The summed E-state index contributed by atoms with van der Waals surface area (Å²) < 4.78 is 0. The van der Waals surface area contributed by atoms with Crippen LogP contribution < -0.4 is 10.2 Å². The lowest BCUT2D eigenvalue weighted by molar-refractivity contribution is 0.233. The molecule has 3 heteroatoms. The molecule has 0 amide bonds. The summed E-state index contributed by atoms with van der Waals surface area (Å²) in [6, 6.07) is 2.69. The van der Waals surface area contributed by atoms with Gasteiger partial charge in [0.1, 0.15) is 0 Å². The summed E-state index contributed by atoms with van der Waals surface area (Å²) in [6.07, 6.45) is 6.71. The van der Waals surface area contributed by atoms with Crippen molar-refractivity contribution in [3.05, 3.63) is 24.0 Å². The smallest absolute Gasteiger partial charge is 0.0586 e. The number of pyridine rings is 1. The highest BCUT2D eigenvalue weighted by Gasteiger charge is 2.46. The quantitative estimate of drug-likeness (QED) is 0.917. The van der Waals surface area contributed by atoms with E-state index in [9.17, 15) is 0 Å². The molecule has 3 nitrogen and oxygen atoms in total. The van der Waals surface area contributed by atoms with Crippen molar-refractivity contribution in [3.63, 3.8) is 0 Å². The molecule has 0 spiro atoms. The maximum Gasteiger partial charge on any atom is 0.0586 e. The van der Waals surface area contributed by atoms with Gasteiger partial charge in [0, 0.05) is 30.9 Å². The van der Waals surface area contributed by atoms with Crippen LogP contribution in [0.15, 0.2) is 18.5 Å². The van der Waals surface area contributed by atoms with Crippen LogP contribution in [0.3, 0.4) is 0 Å². The Morgan fingerprint density at radius 3 is 2.75 bits per heavy atom. The Balaban J connectivity index is 1.91. The Bertz CT molecular complexity index is 481. The number of aromatic nitrogens is 1. The number of aryl methyl sites for hydroxylation is 1. The lowest BCUT2D eigenvalue weighted by Crippen LogP contribution is -2.65. The van der Waals surface area contributed by atoms with Gasteiger partial charge in [-0.15, -0.1) is 0 Å². The van der Waals surface area contributed by atoms with Crippen LogP contribution in [0, 0.1) is 18.8 Å². The van der Waals surface area contributed by atoms with Crippen molar-refractivity contribution in [2.75, 3.05) is 18.0 Å². The third-order valence-electron chi connectivity index (χ3n) is 5.18. The molecule has 1 N–H and O–H groups in total. The van der Waals surface area contributed by atoms with Crippen molar-refractivity contribution in [3.8, 4) is 0 Å². The number of rotatable bonds is 3. The lowest BCUT2D eigenvalue weighted by Gasteiger charge is -2.49. The molecule has 1 aromatic rings. The highest BCUT2D eigenvalue weighted by molar-refractivity contribution is 5.53. The predicted octanol–water partition coefficient (Wildman–Crippen LogP) is 2.99. The molecule has 110 valence electrons. The second-order valence-corrected chi connectivity index (χ2v) is 7.17. The van der Waals surface area contributed by atoms with Gasteiger partial charge in [-0.1, -0.05) is 13.8 Å². The van der Waals surface area contributed by atoms with Crippen molar-refractivity contribution in [2.45, 2.75) is 52.1 Å². The fraction of sp³-hybridized carbons (Fsp3) is 0.706. The van der Waals surface area contributed by atoms with E-state index in [1.165, 1.54) is 24.1 Å².